The van der Waals surface area contributed by atoms with E-state index in [0.29, 0.717) is 27.8 Å². The molecule has 0 saturated heterocycles. The molecule has 3 aromatic rings. The van der Waals surface area contributed by atoms with Crippen LogP contribution in [0.5, 0.6) is 5.75 Å². The van der Waals surface area contributed by atoms with Gasteiger partial charge in [0.2, 0.25) is 5.78 Å². The molecule has 1 aromatic heterocycles. The Kier molecular flexibility index (Phi) is 7.59. The van der Waals surface area contributed by atoms with Gasteiger partial charge in [0, 0.05) is 34.5 Å². The highest BCUT2D eigenvalue weighted by Crippen LogP contribution is 2.28. The molecule has 0 fully saturated rings. The number of hydrogen-bond acceptors (Lipinski definition) is 6. The normalized spacial score (nSPS) is 10.8. The Bertz CT molecular complexity index is 1200. The maximum atomic E-state index is 12.8. The number of Topliss-reactive ketones (excluding diaryl/α,β-unsaturated/α-hetero) is 1. The zero-order valence-corrected chi connectivity index (χ0v) is 18.6. The third kappa shape index (κ3) is 5.79. The molecule has 0 atom stereocenters. The Labute approximate surface area is 192 Å². The van der Waals surface area contributed by atoms with Gasteiger partial charge in [-0.1, -0.05) is 40.9 Å². The molecule has 0 aliphatic rings. The van der Waals surface area contributed by atoms with Gasteiger partial charge in [0.05, 0.1) is 24.1 Å². The first kappa shape index (κ1) is 23.1. The average Bonchev–Trinajstić information content (AvgIpc) is 2.73. The fourth-order valence-corrected chi connectivity index (χ4v) is 3.58. The molecule has 0 saturated carbocycles. The molecule has 1 heterocycles. The van der Waals surface area contributed by atoms with Crippen molar-refractivity contribution in [3.8, 4) is 5.75 Å². The van der Waals surface area contributed by atoms with E-state index in [1.165, 1.54) is 19.2 Å². The number of carbonyl (C=O) groups is 2. The van der Waals surface area contributed by atoms with Crippen molar-refractivity contribution in [1.82, 2.24) is 0 Å². The zero-order valence-electron chi connectivity index (χ0n) is 16.4. The van der Waals surface area contributed by atoms with Gasteiger partial charge in [-0.3, -0.25) is 14.4 Å². The smallest absolute Gasteiger partial charge is 0.305 e. The summed E-state index contributed by atoms with van der Waals surface area (Å²) in [6.45, 7) is 0.234. The summed E-state index contributed by atoms with van der Waals surface area (Å²) in [7, 11) is 1.32. The molecule has 2 aromatic carbocycles. The second-order valence-electron chi connectivity index (χ2n) is 6.62. The van der Waals surface area contributed by atoms with E-state index in [9.17, 15) is 14.4 Å². The Morgan fingerprint density at radius 2 is 1.81 bits per heavy atom. The van der Waals surface area contributed by atoms with Gasteiger partial charge in [0.1, 0.15) is 5.75 Å². The quantitative estimate of drug-likeness (QED) is 0.239. The van der Waals surface area contributed by atoms with Crippen LogP contribution < -0.4 is 10.2 Å². The van der Waals surface area contributed by atoms with E-state index in [1.807, 2.05) is 0 Å². The summed E-state index contributed by atoms with van der Waals surface area (Å²) >= 11 is 18.1. The molecule has 0 bridgehead atoms. The predicted octanol–water partition coefficient (Wildman–Crippen LogP) is 5.51. The van der Waals surface area contributed by atoms with Gasteiger partial charge in [-0.15, -0.1) is 0 Å². The monoisotopic (exact) mass is 482 g/mol. The summed E-state index contributed by atoms with van der Waals surface area (Å²) in [6.07, 6.45) is 0.550. The maximum absolute atomic E-state index is 12.8. The molecule has 0 aliphatic carbocycles. The number of benzene rings is 2. The lowest BCUT2D eigenvalue weighted by Gasteiger charge is -2.12. The van der Waals surface area contributed by atoms with Crippen LogP contribution in [0.4, 0.5) is 0 Å². The molecule has 0 unspecified atom stereocenters. The molecule has 3 rings (SSSR count). The Balaban J connectivity index is 1.82. The van der Waals surface area contributed by atoms with Crippen LogP contribution in [0.3, 0.4) is 0 Å². The first-order valence-corrected chi connectivity index (χ1v) is 10.4. The van der Waals surface area contributed by atoms with Crippen LogP contribution >= 0.6 is 34.8 Å². The number of hydrogen-bond donors (Lipinski definition) is 0. The molecule has 162 valence electrons. The number of rotatable bonds is 8. The van der Waals surface area contributed by atoms with Crippen LogP contribution in [0.15, 0.2) is 45.6 Å². The molecule has 9 heteroatoms. The third-order valence-corrected chi connectivity index (χ3v) is 5.15. The standard InChI is InChI=1S/C22H17Cl3O6/c1-29-21(28)3-2-6-30-19-10-13(23)5-4-12(19)7-18(27)20-11-17(26)15-8-14(24)9-16(25)22(15)31-20/h4-5,8-11H,2-3,6-7H2,1H3. The number of carbonyl (C=O) groups excluding carboxylic acids is 2. The highest BCUT2D eigenvalue weighted by molar-refractivity contribution is 6.38. The minimum Gasteiger partial charge on any atom is -0.493 e. The highest BCUT2D eigenvalue weighted by Gasteiger charge is 2.18. The van der Waals surface area contributed by atoms with Crippen molar-refractivity contribution in [3.05, 3.63) is 73.0 Å². The second kappa shape index (κ2) is 10.2. The first-order valence-electron chi connectivity index (χ1n) is 9.22. The first-order chi connectivity index (χ1) is 14.8. The topological polar surface area (TPSA) is 82.8 Å². The third-order valence-electron chi connectivity index (χ3n) is 4.41. The van der Waals surface area contributed by atoms with Crippen molar-refractivity contribution in [2.45, 2.75) is 19.3 Å². The van der Waals surface area contributed by atoms with Gasteiger partial charge in [-0.2, -0.15) is 0 Å². The van der Waals surface area contributed by atoms with Crippen LogP contribution in [0, 0.1) is 0 Å². The Morgan fingerprint density at radius 1 is 1.03 bits per heavy atom. The van der Waals surface area contributed by atoms with Gasteiger partial charge < -0.3 is 13.9 Å². The number of ether oxygens (including phenoxy) is 2. The molecule has 0 amide bonds. The number of ketones is 1. The number of fused-ring (bicyclic) bond motifs is 1. The number of halogens is 3. The Hall–Kier alpha value is -2.54. The van der Waals surface area contributed by atoms with E-state index in [-0.39, 0.29) is 47.2 Å². The van der Waals surface area contributed by atoms with Crippen LogP contribution in [0.1, 0.15) is 29.0 Å². The van der Waals surface area contributed by atoms with Crippen molar-refractivity contribution in [2.75, 3.05) is 13.7 Å². The van der Waals surface area contributed by atoms with E-state index >= 15 is 0 Å². The fourth-order valence-electron chi connectivity index (χ4n) is 2.89. The summed E-state index contributed by atoms with van der Waals surface area (Å²) in [5.41, 5.74) is 0.221. The summed E-state index contributed by atoms with van der Waals surface area (Å²) in [6, 6.07) is 8.84. The van der Waals surface area contributed by atoms with Gasteiger partial charge in [0.15, 0.2) is 16.8 Å². The van der Waals surface area contributed by atoms with Crippen molar-refractivity contribution in [3.63, 3.8) is 0 Å². The van der Waals surface area contributed by atoms with E-state index in [1.54, 1.807) is 18.2 Å². The zero-order chi connectivity index (χ0) is 22.5. The van der Waals surface area contributed by atoms with Gasteiger partial charge in [-0.05, 0) is 30.7 Å². The van der Waals surface area contributed by atoms with Gasteiger partial charge in [0.25, 0.3) is 0 Å². The minimum atomic E-state index is -0.438. The number of esters is 1. The Morgan fingerprint density at radius 3 is 2.55 bits per heavy atom. The van der Waals surface area contributed by atoms with Crippen molar-refractivity contribution in [2.24, 2.45) is 0 Å². The highest BCUT2D eigenvalue weighted by atomic mass is 35.5. The van der Waals surface area contributed by atoms with Crippen LogP contribution in [-0.4, -0.2) is 25.5 Å². The van der Waals surface area contributed by atoms with Crippen molar-refractivity contribution >= 4 is 57.5 Å². The molecule has 31 heavy (non-hydrogen) atoms. The SMILES string of the molecule is COC(=O)CCCOc1cc(Cl)ccc1CC(=O)c1cc(=O)c2cc(Cl)cc(Cl)c2o1. The molecule has 0 N–H and O–H groups in total. The van der Waals surface area contributed by atoms with E-state index in [0.717, 1.165) is 6.07 Å². The van der Waals surface area contributed by atoms with Crippen molar-refractivity contribution in [1.29, 1.82) is 0 Å². The second-order valence-corrected chi connectivity index (χ2v) is 7.90. The summed E-state index contributed by atoms with van der Waals surface area (Å²) in [4.78, 5) is 36.5. The van der Waals surface area contributed by atoms with E-state index in [2.05, 4.69) is 4.74 Å². The minimum absolute atomic E-state index is 0.0941. The molecule has 0 radical (unpaired) electrons. The molecular weight excluding hydrogens is 467 g/mol. The summed E-state index contributed by atoms with van der Waals surface area (Å²) in [5.74, 6) is -0.505. The van der Waals surface area contributed by atoms with Gasteiger partial charge in [-0.25, -0.2) is 0 Å². The van der Waals surface area contributed by atoms with E-state index in [4.69, 9.17) is 44.0 Å². The fraction of sp³-hybridized carbons (Fsp3) is 0.227. The molecule has 0 aliphatic heterocycles. The molecule has 6 nitrogen and oxygen atoms in total. The summed E-state index contributed by atoms with van der Waals surface area (Å²) in [5, 5.41) is 1.05. The van der Waals surface area contributed by atoms with Crippen LogP contribution in [-0.2, 0) is 16.0 Å². The lowest BCUT2D eigenvalue weighted by molar-refractivity contribution is -0.140. The largest absolute Gasteiger partial charge is 0.493 e. The summed E-state index contributed by atoms with van der Waals surface area (Å²) < 4.78 is 15.9. The average molecular weight is 484 g/mol. The van der Waals surface area contributed by atoms with E-state index < -0.39 is 11.2 Å². The molecule has 0 spiro atoms. The van der Waals surface area contributed by atoms with Gasteiger partial charge >= 0.3 is 5.97 Å². The lowest BCUT2D eigenvalue weighted by Crippen LogP contribution is -2.11. The van der Waals surface area contributed by atoms with Crippen LogP contribution in [0.25, 0.3) is 11.0 Å². The van der Waals surface area contributed by atoms with Crippen molar-refractivity contribution < 1.29 is 23.5 Å². The maximum Gasteiger partial charge on any atom is 0.305 e. The van der Waals surface area contributed by atoms with Crippen LogP contribution in [0.2, 0.25) is 15.1 Å². The number of methoxy groups -OCH3 is 1. The predicted molar refractivity (Wildman–Crippen MR) is 119 cm³/mol. The lowest BCUT2D eigenvalue weighted by atomic mass is 10.1. The molecular formula is C22H17Cl3O6.